The van der Waals surface area contributed by atoms with Crippen molar-refractivity contribution in [3.05, 3.63) is 24.0 Å². The van der Waals surface area contributed by atoms with E-state index < -0.39 is 0 Å². The van der Waals surface area contributed by atoms with Crippen molar-refractivity contribution in [1.29, 1.82) is 0 Å². The molecule has 0 saturated carbocycles. The van der Waals surface area contributed by atoms with Gasteiger partial charge in [0.25, 0.3) is 0 Å². The van der Waals surface area contributed by atoms with Crippen LogP contribution in [0.1, 0.15) is 25.3 Å². The Labute approximate surface area is 70.4 Å². The summed E-state index contributed by atoms with van der Waals surface area (Å²) in [7, 11) is 0. The average Bonchev–Trinajstić information content (AvgIpc) is 2.49. The molecule has 0 fully saturated rings. The van der Waals surface area contributed by atoms with E-state index >= 15 is 0 Å². The van der Waals surface area contributed by atoms with Crippen molar-refractivity contribution in [3.8, 4) is 0 Å². The van der Waals surface area contributed by atoms with E-state index in [2.05, 4.69) is 24.0 Å². The van der Waals surface area contributed by atoms with E-state index in [-0.39, 0.29) is 0 Å². The first kappa shape index (κ1) is 7.28. The zero-order chi connectivity index (χ0) is 8.55. The molecule has 0 spiro atoms. The molecule has 0 aliphatic heterocycles. The first-order chi connectivity index (χ1) is 5.79. The molecule has 2 aromatic rings. The molecular weight excluding hydrogens is 152 g/mol. The number of aromatic nitrogens is 2. The van der Waals surface area contributed by atoms with Gasteiger partial charge in [0.15, 0.2) is 5.58 Å². The van der Waals surface area contributed by atoms with Gasteiger partial charge in [0.05, 0.1) is 6.20 Å². The van der Waals surface area contributed by atoms with E-state index in [4.69, 9.17) is 4.52 Å². The predicted molar refractivity (Wildman–Crippen MR) is 45.9 cm³/mol. The maximum Gasteiger partial charge on any atom is 0.188 e. The minimum Gasteiger partial charge on any atom is -0.354 e. The van der Waals surface area contributed by atoms with E-state index in [1.54, 1.807) is 12.4 Å². The van der Waals surface area contributed by atoms with Crippen LogP contribution < -0.4 is 0 Å². The summed E-state index contributed by atoms with van der Waals surface area (Å²) >= 11 is 0. The fourth-order valence-corrected chi connectivity index (χ4v) is 1.26. The number of hydrogen-bond acceptors (Lipinski definition) is 3. The predicted octanol–water partition coefficient (Wildman–Crippen LogP) is 2.35. The minimum atomic E-state index is 0.448. The third-order valence-electron chi connectivity index (χ3n) is 1.90. The maximum absolute atomic E-state index is 5.10. The van der Waals surface area contributed by atoms with Gasteiger partial charge in [0, 0.05) is 11.8 Å². The molecule has 0 unspecified atom stereocenters. The second-order valence-electron chi connectivity index (χ2n) is 3.10. The fraction of sp³-hybridized carbons (Fsp3) is 0.333. The normalized spacial score (nSPS) is 11.2. The Bertz CT molecular complexity index is 392. The van der Waals surface area contributed by atoms with Gasteiger partial charge in [-0.3, -0.25) is 4.98 Å². The molecule has 2 aromatic heterocycles. The van der Waals surface area contributed by atoms with Gasteiger partial charge >= 0.3 is 0 Å². The van der Waals surface area contributed by atoms with Gasteiger partial charge in [-0.2, -0.15) is 0 Å². The number of fused-ring (bicyclic) bond motifs is 1. The van der Waals surface area contributed by atoms with E-state index in [1.165, 1.54) is 0 Å². The van der Waals surface area contributed by atoms with E-state index in [0.29, 0.717) is 5.92 Å². The van der Waals surface area contributed by atoms with Crippen molar-refractivity contribution >= 4 is 11.1 Å². The topological polar surface area (TPSA) is 38.9 Å². The van der Waals surface area contributed by atoms with Crippen LogP contribution in [-0.4, -0.2) is 10.1 Å². The molecule has 0 radical (unpaired) electrons. The Balaban J connectivity index is 2.73. The SMILES string of the molecule is CC(C)c1ccnc2cnoc12. The summed E-state index contributed by atoms with van der Waals surface area (Å²) in [6.45, 7) is 4.24. The molecule has 0 aliphatic rings. The van der Waals surface area contributed by atoms with Crippen LogP contribution in [0.4, 0.5) is 0 Å². The molecule has 12 heavy (non-hydrogen) atoms. The molecule has 62 valence electrons. The molecule has 2 rings (SSSR count). The lowest BCUT2D eigenvalue weighted by Crippen LogP contribution is -1.88. The van der Waals surface area contributed by atoms with Crippen molar-refractivity contribution in [2.24, 2.45) is 0 Å². The Kier molecular flexibility index (Phi) is 1.57. The second kappa shape index (κ2) is 2.59. The molecular formula is C9H10N2O. The number of hydrogen-bond donors (Lipinski definition) is 0. The monoisotopic (exact) mass is 162 g/mol. The zero-order valence-corrected chi connectivity index (χ0v) is 7.11. The third kappa shape index (κ3) is 0.978. The molecule has 0 atom stereocenters. The fourth-order valence-electron chi connectivity index (χ4n) is 1.26. The maximum atomic E-state index is 5.10. The molecule has 0 amide bonds. The van der Waals surface area contributed by atoms with Crippen LogP contribution in [-0.2, 0) is 0 Å². The van der Waals surface area contributed by atoms with Crippen LogP contribution in [0.3, 0.4) is 0 Å². The largest absolute Gasteiger partial charge is 0.354 e. The van der Waals surface area contributed by atoms with Crippen molar-refractivity contribution in [2.75, 3.05) is 0 Å². The van der Waals surface area contributed by atoms with Crippen LogP contribution in [0.25, 0.3) is 11.1 Å². The summed E-state index contributed by atoms with van der Waals surface area (Å²) in [4.78, 5) is 4.13. The highest BCUT2D eigenvalue weighted by Crippen LogP contribution is 2.22. The Morgan fingerprint density at radius 2 is 2.25 bits per heavy atom. The average molecular weight is 162 g/mol. The van der Waals surface area contributed by atoms with Crippen molar-refractivity contribution < 1.29 is 4.52 Å². The van der Waals surface area contributed by atoms with E-state index in [1.807, 2.05) is 6.07 Å². The van der Waals surface area contributed by atoms with Crippen molar-refractivity contribution in [2.45, 2.75) is 19.8 Å². The minimum absolute atomic E-state index is 0.448. The second-order valence-corrected chi connectivity index (χ2v) is 3.10. The molecule has 2 heterocycles. The molecule has 0 N–H and O–H groups in total. The Hall–Kier alpha value is -1.38. The van der Waals surface area contributed by atoms with Crippen LogP contribution in [0, 0.1) is 0 Å². The van der Waals surface area contributed by atoms with Gasteiger partial charge in [-0.25, -0.2) is 0 Å². The van der Waals surface area contributed by atoms with Gasteiger partial charge < -0.3 is 4.52 Å². The van der Waals surface area contributed by atoms with Crippen LogP contribution in [0.5, 0.6) is 0 Å². The molecule has 0 aromatic carbocycles. The molecule has 3 nitrogen and oxygen atoms in total. The lowest BCUT2D eigenvalue weighted by atomic mass is 10.0. The third-order valence-corrected chi connectivity index (χ3v) is 1.90. The Morgan fingerprint density at radius 1 is 1.42 bits per heavy atom. The Morgan fingerprint density at radius 3 is 3.00 bits per heavy atom. The lowest BCUT2D eigenvalue weighted by Gasteiger charge is -2.02. The molecule has 0 saturated heterocycles. The first-order valence-electron chi connectivity index (χ1n) is 3.98. The summed E-state index contributed by atoms with van der Waals surface area (Å²) in [6.07, 6.45) is 3.43. The standard InChI is InChI=1S/C9H10N2O/c1-6(2)7-3-4-10-8-5-11-12-9(7)8/h3-6H,1-2H3. The smallest absolute Gasteiger partial charge is 0.188 e. The van der Waals surface area contributed by atoms with E-state index in [0.717, 1.165) is 16.7 Å². The highest BCUT2D eigenvalue weighted by atomic mass is 16.5. The van der Waals surface area contributed by atoms with Gasteiger partial charge in [-0.05, 0) is 12.0 Å². The van der Waals surface area contributed by atoms with Crippen LogP contribution >= 0.6 is 0 Å². The highest BCUT2D eigenvalue weighted by Gasteiger charge is 2.08. The van der Waals surface area contributed by atoms with Gasteiger partial charge in [-0.1, -0.05) is 19.0 Å². The summed E-state index contributed by atoms with van der Waals surface area (Å²) in [5.74, 6) is 0.448. The van der Waals surface area contributed by atoms with Crippen LogP contribution in [0.15, 0.2) is 23.0 Å². The summed E-state index contributed by atoms with van der Waals surface area (Å²) < 4.78 is 5.10. The number of rotatable bonds is 1. The summed E-state index contributed by atoms with van der Waals surface area (Å²) in [6, 6.07) is 1.97. The summed E-state index contributed by atoms with van der Waals surface area (Å²) in [5.41, 5.74) is 2.81. The molecule has 0 bridgehead atoms. The highest BCUT2D eigenvalue weighted by molar-refractivity contribution is 5.74. The number of nitrogens with zero attached hydrogens (tertiary/aromatic N) is 2. The van der Waals surface area contributed by atoms with E-state index in [9.17, 15) is 0 Å². The zero-order valence-electron chi connectivity index (χ0n) is 7.11. The summed E-state index contributed by atoms with van der Waals surface area (Å²) in [5, 5.41) is 3.71. The molecule has 3 heteroatoms. The number of pyridine rings is 1. The van der Waals surface area contributed by atoms with Crippen LogP contribution in [0.2, 0.25) is 0 Å². The molecule has 0 aliphatic carbocycles. The van der Waals surface area contributed by atoms with Gasteiger partial charge in [0.2, 0.25) is 0 Å². The lowest BCUT2D eigenvalue weighted by molar-refractivity contribution is 0.452. The van der Waals surface area contributed by atoms with Gasteiger partial charge in [-0.15, -0.1) is 0 Å². The van der Waals surface area contributed by atoms with Crippen molar-refractivity contribution in [3.63, 3.8) is 0 Å². The van der Waals surface area contributed by atoms with Crippen molar-refractivity contribution in [1.82, 2.24) is 10.1 Å². The van der Waals surface area contributed by atoms with Gasteiger partial charge in [0.1, 0.15) is 5.52 Å². The quantitative estimate of drug-likeness (QED) is 0.646. The first-order valence-corrected chi connectivity index (χ1v) is 3.98.